The number of esters is 1. The SMILES string of the molecule is COc1ccc(F)cc1COC(=O)C1CCN(S(=O)(=O)c2cccs2)CC1. The monoisotopic (exact) mass is 413 g/mol. The van der Waals surface area contributed by atoms with E-state index in [9.17, 15) is 17.6 Å². The van der Waals surface area contributed by atoms with E-state index < -0.39 is 21.8 Å². The largest absolute Gasteiger partial charge is 0.496 e. The van der Waals surface area contributed by atoms with Crippen molar-refractivity contribution >= 4 is 27.3 Å². The fourth-order valence-corrected chi connectivity index (χ4v) is 5.61. The van der Waals surface area contributed by atoms with Crippen LogP contribution in [0, 0.1) is 11.7 Å². The molecule has 9 heteroatoms. The van der Waals surface area contributed by atoms with Gasteiger partial charge in [-0.2, -0.15) is 4.31 Å². The third-order valence-electron chi connectivity index (χ3n) is 4.49. The normalized spacial score (nSPS) is 16.2. The molecular weight excluding hydrogens is 393 g/mol. The smallest absolute Gasteiger partial charge is 0.309 e. The number of halogens is 1. The number of nitrogens with zero attached hydrogens (tertiary/aromatic N) is 1. The summed E-state index contributed by atoms with van der Waals surface area (Å²) in [6.07, 6.45) is 0.785. The van der Waals surface area contributed by atoms with E-state index in [1.165, 1.54) is 41.0 Å². The summed E-state index contributed by atoms with van der Waals surface area (Å²) < 4.78 is 50.5. The van der Waals surface area contributed by atoms with E-state index in [2.05, 4.69) is 0 Å². The van der Waals surface area contributed by atoms with Crippen LogP contribution in [0.5, 0.6) is 5.75 Å². The number of rotatable bonds is 6. The molecule has 0 bridgehead atoms. The Morgan fingerprint density at radius 1 is 1.30 bits per heavy atom. The summed E-state index contributed by atoms with van der Waals surface area (Å²) >= 11 is 1.18. The minimum absolute atomic E-state index is 0.0898. The summed E-state index contributed by atoms with van der Waals surface area (Å²) in [6.45, 7) is 0.444. The maximum absolute atomic E-state index is 13.4. The van der Waals surface area contributed by atoms with Crippen LogP contribution in [0.2, 0.25) is 0 Å². The second-order valence-corrected chi connectivity index (χ2v) is 9.29. The number of piperidine rings is 1. The number of benzene rings is 1. The van der Waals surface area contributed by atoms with Crippen LogP contribution in [-0.2, 0) is 26.2 Å². The van der Waals surface area contributed by atoms with Gasteiger partial charge >= 0.3 is 5.97 Å². The van der Waals surface area contributed by atoms with Gasteiger partial charge in [0.1, 0.15) is 22.4 Å². The fraction of sp³-hybridized carbons (Fsp3) is 0.389. The molecule has 146 valence electrons. The summed E-state index contributed by atoms with van der Waals surface area (Å²) in [5.41, 5.74) is 0.448. The zero-order chi connectivity index (χ0) is 19.4. The molecule has 1 aliphatic rings. The number of sulfonamides is 1. The van der Waals surface area contributed by atoms with Crippen molar-refractivity contribution in [2.24, 2.45) is 5.92 Å². The van der Waals surface area contributed by atoms with Crippen molar-refractivity contribution in [3.63, 3.8) is 0 Å². The van der Waals surface area contributed by atoms with Crippen molar-refractivity contribution in [1.29, 1.82) is 0 Å². The van der Waals surface area contributed by atoms with Crippen LogP contribution >= 0.6 is 11.3 Å². The Kier molecular flexibility index (Phi) is 6.13. The van der Waals surface area contributed by atoms with Crippen molar-refractivity contribution < 1.29 is 27.1 Å². The summed E-state index contributed by atoms with van der Waals surface area (Å²) in [6, 6.07) is 7.29. The van der Waals surface area contributed by atoms with Crippen LogP contribution in [0.4, 0.5) is 4.39 Å². The Morgan fingerprint density at radius 3 is 2.67 bits per heavy atom. The Hall–Kier alpha value is -1.97. The molecule has 0 spiro atoms. The average molecular weight is 413 g/mol. The van der Waals surface area contributed by atoms with Crippen LogP contribution in [0.1, 0.15) is 18.4 Å². The number of carbonyl (C=O) groups excluding carboxylic acids is 1. The second kappa shape index (κ2) is 8.37. The average Bonchev–Trinajstić information content (AvgIpc) is 3.22. The fourth-order valence-electron chi connectivity index (χ4n) is 3.00. The van der Waals surface area contributed by atoms with Gasteiger partial charge in [0.05, 0.1) is 13.0 Å². The van der Waals surface area contributed by atoms with Gasteiger partial charge in [-0.25, -0.2) is 12.8 Å². The van der Waals surface area contributed by atoms with Crippen LogP contribution in [-0.4, -0.2) is 38.9 Å². The van der Waals surface area contributed by atoms with Crippen LogP contribution in [0.25, 0.3) is 0 Å². The van der Waals surface area contributed by atoms with Gasteiger partial charge in [-0.05, 0) is 42.5 Å². The van der Waals surface area contributed by atoms with Crippen molar-refractivity contribution in [1.82, 2.24) is 4.31 Å². The van der Waals surface area contributed by atoms with Gasteiger partial charge in [-0.3, -0.25) is 4.79 Å². The van der Waals surface area contributed by atoms with E-state index in [-0.39, 0.29) is 25.6 Å². The third kappa shape index (κ3) is 4.48. The molecule has 27 heavy (non-hydrogen) atoms. The predicted molar refractivity (Wildman–Crippen MR) is 98.5 cm³/mol. The van der Waals surface area contributed by atoms with E-state index in [1.54, 1.807) is 17.5 Å². The first kappa shape index (κ1) is 19.8. The molecule has 2 heterocycles. The minimum atomic E-state index is -3.50. The maximum Gasteiger partial charge on any atom is 0.309 e. The number of methoxy groups -OCH3 is 1. The van der Waals surface area contributed by atoms with Gasteiger partial charge < -0.3 is 9.47 Å². The van der Waals surface area contributed by atoms with Crippen LogP contribution in [0.15, 0.2) is 39.9 Å². The lowest BCUT2D eigenvalue weighted by Gasteiger charge is -2.29. The van der Waals surface area contributed by atoms with Gasteiger partial charge in [0.15, 0.2) is 0 Å². The third-order valence-corrected chi connectivity index (χ3v) is 7.76. The molecule has 2 aromatic rings. The summed E-state index contributed by atoms with van der Waals surface area (Å²) in [7, 11) is -2.03. The zero-order valence-electron chi connectivity index (χ0n) is 14.8. The standard InChI is InChI=1S/C18H20FNO5S2/c1-24-16-5-4-15(19)11-14(16)12-25-18(21)13-6-8-20(9-7-13)27(22,23)17-3-2-10-26-17/h2-5,10-11,13H,6-9,12H2,1H3. The van der Waals surface area contributed by atoms with E-state index in [1.807, 2.05) is 0 Å². The number of thiophene rings is 1. The topological polar surface area (TPSA) is 72.9 Å². The summed E-state index contributed by atoms with van der Waals surface area (Å²) in [5.74, 6) is -0.774. The first-order valence-corrected chi connectivity index (χ1v) is 10.8. The molecule has 0 atom stereocenters. The van der Waals surface area contributed by atoms with E-state index in [0.717, 1.165) is 0 Å². The molecule has 1 aromatic carbocycles. The number of hydrogen-bond acceptors (Lipinski definition) is 6. The van der Waals surface area contributed by atoms with Crippen LogP contribution in [0.3, 0.4) is 0 Å². The highest BCUT2D eigenvalue weighted by Crippen LogP contribution is 2.27. The van der Waals surface area contributed by atoms with E-state index in [0.29, 0.717) is 28.4 Å². The predicted octanol–water partition coefficient (Wildman–Crippen LogP) is 3.04. The second-order valence-electron chi connectivity index (χ2n) is 6.17. The maximum atomic E-state index is 13.4. The van der Waals surface area contributed by atoms with Gasteiger partial charge in [0.2, 0.25) is 0 Å². The highest BCUT2D eigenvalue weighted by molar-refractivity contribution is 7.91. The molecule has 3 rings (SSSR count). The van der Waals surface area contributed by atoms with Gasteiger partial charge in [0, 0.05) is 18.7 Å². The molecule has 1 saturated heterocycles. The molecule has 0 amide bonds. The van der Waals surface area contributed by atoms with Crippen molar-refractivity contribution in [2.75, 3.05) is 20.2 Å². The van der Waals surface area contributed by atoms with E-state index >= 15 is 0 Å². The zero-order valence-corrected chi connectivity index (χ0v) is 16.4. The Morgan fingerprint density at radius 2 is 2.04 bits per heavy atom. The molecule has 1 aliphatic heterocycles. The Balaban J connectivity index is 1.55. The highest BCUT2D eigenvalue weighted by atomic mass is 32.2. The molecule has 0 aliphatic carbocycles. The molecule has 0 saturated carbocycles. The van der Waals surface area contributed by atoms with Crippen molar-refractivity contribution in [3.05, 3.63) is 47.1 Å². The highest BCUT2D eigenvalue weighted by Gasteiger charge is 2.33. The van der Waals surface area contributed by atoms with Gasteiger partial charge in [0.25, 0.3) is 10.0 Å². The lowest BCUT2D eigenvalue weighted by atomic mass is 9.98. The molecule has 1 aromatic heterocycles. The van der Waals surface area contributed by atoms with Gasteiger partial charge in [-0.15, -0.1) is 11.3 Å². The molecule has 1 fully saturated rings. The van der Waals surface area contributed by atoms with Crippen molar-refractivity contribution in [2.45, 2.75) is 23.7 Å². The Bertz CT molecular complexity index is 890. The van der Waals surface area contributed by atoms with Crippen LogP contribution < -0.4 is 4.74 Å². The molecule has 6 nitrogen and oxygen atoms in total. The number of ether oxygens (including phenoxy) is 2. The van der Waals surface area contributed by atoms with Crippen molar-refractivity contribution in [3.8, 4) is 5.75 Å². The quantitative estimate of drug-likeness (QED) is 0.681. The number of hydrogen-bond donors (Lipinski definition) is 0. The minimum Gasteiger partial charge on any atom is -0.496 e. The molecule has 0 N–H and O–H groups in total. The Labute approximate surface area is 161 Å². The molecular formula is C18H20FNO5S2. The van der Waals surface area contributed by atoms with Gasteiger partial charge in [-0.1, -0.05) is 6.07 Å². The molecule has 0 unspecified atom stereocenters. The summed E-state index contributed by atoms with van der Waals surface area (Å²) in [4.78, 5) is 12.3. The number of carbonyl (C=O) groups is 1. The molecule has 0 radical (unpaired) electrons. The lowest BCUT2D eigenvalue weighted by Crippen LogP contribution is -2.40. The van der Waals surface area contributed by atoms with E-state index in [4.69, 9.17) is 9.47 Å². The first-order valence-electron chi connectivity index (χ1n) is 8.44. The summed E-state index contributed by atoms with van der Waals surface area (Å²) in [5, 5.41) is 1.72. The lowest BCUT2D eigenvalue weighted by molar-refractivity contribution is -0.151. The first-order chi connectivity index (χ1) is 12.9.